The summed E-state index contributed by atoms with van der Waals surface area (Å²) >= 11 is 10.9. The molecule has 7 nitrogen and oxygen atoms in total. The molecule has 0 aliphatic carbocycles. The second kappa shape index (κ2) is 7.78. The van der Waals surface area contributed by atoms with E-state index < -0.39 is 12.1 Å². The number of alkyl halides is 2. The van der Waals surface area contributed by atoms with Crippen molar-refractivity contribution in [2.45, 2.75) is 0 Å². The van der Waals surface area contributed by atoms with E-state index >= 15 is 0 Å². The van der Waals surface area contributed by atoms with Crippen LogP contribution < -0.4 is 16.0 Å². The zero-order chi connectivity index (χ0) is 13.4. The van der Waals surface area contributed by atoms with Crippen LogP contribution >= 0.6 is 23.2 Å². The number of nitrogens with zero attached hydrogens (tertiary/aromatic N) is 2. The van der Waals surface area contributed by atoms with E-state index in [-0.39, 0.29) is 5.82 Å². The van der Waals surface area contributed by atoms with Crippen LogP contribution in [0.25, 0.3) is 0 Å². The zero-order valence-electron chi connectivity index (χ0n) is 9.45. The molecule has 0 saturated carbocycles. The number of hydrogen-bond donors (Lipinski definition) is 3. The molecule has 1 heterocycles. The van der Waals surface area contributed by atoms with Gasteiger partial charge in [-0.05, 0) is 0 Å². The first-order valence-electron chi connectivity index (χ1n) is 5.18. The third-order valence-corrected chi connectivity index (χ3v) is 2.17. The average molecular weight is 294 g/mol. The highest BCUT2D eigenvalue weighted by molar-refractivity contribution is 6.18. The topological polar surface area (TPSA) is 88.0 Å². The summed E-state index contributed by atoms with van der Waals surface area (Å²) < 4.78 is 1.07. The Balaban J connectivity index is 2.47. The molecule has 0 aliphatic rings. The third-order valence-electron chi connectivity index (χ3n) is 1.79. The van der Waals surface area contributed by atoms with Gasteiger partial charge in [0.2, 0.25) is 0 Å². The number of aromatic nitrogens is 2. The molecule has 1 aromatic heterocycles. The van der Waals surface area contributed by atoms with Gasteiger partial charge in [-0.25, -0.2) is 9.59 Å². The lowest BCUT2D eigenvalue weighted by atomic mass is 10.6. The molecule has 0 atom stereocenters. The van der Waals surface area contributed by atoms with Gasteiger partial charge >= 0.3 is 12.1 Å². The largest absolute Gasteiger partial charge is 0.342 e. The maximum absolute atomic E-state index is 11.5. The third kappa shape index (κ3) is 4.80. The fraction of sp³-hybridized carbons (Fsp3) is 0.444. The van der Waals surface area contributed by atoms with Gasteiger partial charge in [0, 0.05) is 37.1 Å². The standard InChI is InChI=1S/C9H13Cl2N5O2/c10-2-4-12-8(17)14-7-1-6-16(15-7)9(18)13-5-3-11/h1,6H,2-5H2,(H,13,18)(H2,12,14,15,17). The second-order valence-electron chi connectivity index (χ2n) is 3.14. The Morgan fingerprint density at radius 1 is 1.22 bits per heavy atom. The first kappa shape index (κ1) is 14.6. The van der Waals surface area contributed by atoms with Gasteiger partial charge in [-0.1, -0.05) is 0 Å². The fourth-order valence-corrected chi connectivity index (χ4v) is 1.25. The Labute approximate surface area is 114 Å². The Bertz CT molecular complexity index is 409. The van der Waals surface area contributed by atoms with Crippen LogP contribution in [0.2, 0.25) is 0 Å². The molecule has 3 N–H and O–H groups in total. The summed E-state index contributed by atoms with van der Waals surface area (Å²) in [6, 6.07) is 0.660. The molecular formula is C9H13Cl2N5O2. The molecule has 100 valence electrons. The van der Waals surface area contributed by atoms with Crippen LogP contribution in [0.1, 0.15) is 0 Å². The molecule has 9 heteroatoms. The number of carbonyl (C=O) groups is 2. The lowest BCUT2D eigenvalue weighted by molar-refractivity contribution is 0.240. The van der Waals surface area contributed by atoms with Gasteiger partial charge in [-0.2, -0.15) is 4.68 Å². The molecule has 3 amide bonds. The van der Waals surface area contributed by atoms with Crippen molar-refractivity contribution in [1.82, 2.24) is 20.4 Å². The van der Waals surface area contributed by atoms with Crippen LogP contribution in [0.5, 0.6) is 0 Å². The van der Waals surface area contributed by atoms with Crippen LogP contribution in [0.3, 0.4) is 0 Å². The van der Waals surface area contributed by atoms with E-state index in [2.05, 4.69) is 21.0 Å². The quantitative estimate of drug-likeness (QED) is 0.709. The summed E-state index contributed by atoms with van der Waals surface area (Å²) in [4.78, 5) is 22.7. The van der Waals surface area contributed by atoms with Crippen molar-refractivity contribution < 1.29 is 9.59 Å². The van der Waals surface area contributed by atoms with Crippen molar-refractivity contribution in [2.24, 2.45) is 0 Å². The van der Waals surface area contributed by atoms with Crippen LogP contribution in [-0.4, -0.2) is 46.7 Å². The first-order valence-corrected chi connectivity index (χ1v) is 6.25. The maximum atomic E-state index is 11.5. The smallest absolute Gasteiger partial charge is 0.337 e. The highest BCUT2D eigenvalue weighted by atomic mass is 35.5. The van der Waals surface area contributed by atoms with Gasteiger partial charge in [0.1, 0.15) is 0 Å². The minimum absolute atomic E-state index is 0.267. The molecule has 1 aromatic rings. The number of urea groups is 1. The van der Waals surface area contributed by atoms with E-state index in [1.807, 2.05) is 0 Å². The minimum atomic E-state index is -0.429. The molecule has 1 rings (SSSR count). The van der Waals surface area contributed by atoms with E-state index in [1.54, 1.807) is 0 Å². The summed E-state index contributed by atoms with van der Waals surface area (Å²) in [7, 11) is 0. The molecule has 0 unspecified atom stereocenters. The molecule has 0 spiro atoms. The number of halogens is 2. The Morgan fingerprint density at radius 2 is 1.89 bits per heavy atom. The highest BCUT2D eigenvalue weighted by Crippen LogP contribution is 2.01. The SMILES string of the molecule is O=C(NCCCl)Nc1ccn(C(=O)NCCCl)n1. The van der Waals surface area contributed by atoms with Crippen LogP contribution in [0.4, 0.5) is 15.4 Å². The van der Waals surface area contributed by atoms with Gasteiger partial charge in [-0.15, -0.1) is 28.3 Å². The number of hydrogen-bond acceptors (Lipinski definition) is 3. The first-order chi connectivity index (χ1) is 8.67. The van der Waals surface area contributed by atoms with Crippen molar-refractivity contribution in [2.75, 3.05) is 30.2 Å². The lowest BCUT2D eigenvalue weighted by Gasteiger charge is -2.03. The predicted molar refractivity (Wildman–Crippen MR) is 69.5 cm³/mol. The zero-order valence-corrected chi connectivity index (χ0v) is 11.0. The van der Waals surface area contributed by atoms with Gasteiger partial charge in [0.05, 0.1) is 0 Å². The lowest BCUT2D eigenvalue weighted by Crippen LogP contribution is -2.32. The molecule has 0 aliphatic heterocycles. The van der Waals surface area contributed by atoms with Crippen molar-refractivity contribution in [1.29, 1.82) is 0 Å². The van der Waals surface area contributed by atoms with Crippen LogP contribution in [0, 0.1) is 0 Å². The van der Waals surface area contributed by atoms with Crippen molar-refractivity contribution >= 4 is 41.1 Å². The number of carbonyl (C=O) groups excluding carboxylic acids is 2. The number of nitrogens with one attached hydrogen (secondary N) is 3. The summed E-state index contributed by atoms with van der Waals surface area (Å²) in [6.07, 6.45) is 1.43. The normalized spacial score (nSPS) is 9.89. The minimum Gasteiger partial charge on any atom is -0.337 e. The molecule has 18 heavy (non-hydrogen) atoms. The van der Waals surface area contributed by atoms with E-state index in [1.165, 1.54) is 12.3 Å². The number of amides is 3. The van der Waals surface area contributed by atoms with E-state index in [9.17, 15) is 9.59 Å². The molecule has 0 saturated heterocycles. The molecule has 0 bridgehead atoms. The summed E-state index contributed by atoms with van der Waals surface area (Å²) in [5.74, 6) is 0.907. The van der Waals surface area contributed by atoms with Gasteiger partial charge < -0.3 is 10.6 Å². The van der Waals surface area contributed by atoms with Gasteiger partial charge in [0.15, 0.2) is 5.82 Å². The van der Waals surface area contributed by atoms with E-state index in [0.717, 1.165) is 4.68 Å². The predicted octanol–water partition coefficient (Wildman–Crippen LogP) is 1.04. The molecule has 0 fully saturated rings. The molecule has 0 radical (unpaired) electrons. The molecular weight excluding hydrogens is 281 g/mol. The van der Waals surface area contributed by atoms with Gasteiger partial charge in [0.25, 0.3) is 0 Å². The summed E-state index contributed by atoms with van der Waals surface area (Å²) in [5, 5.41) is 11.4. The maximum Gasteiger partial charge on any atom is 0.342 e. The van der Waals surface area contributed by atoms with Gasteiger partial charge in [-0.3, -0.25) is 5.32 Å². The van der Waals surface area contributed by atoms with Crippen LogP contribution in [0.15, 0.2) is 12.3 Å². The Kier molecular flexibility index (Phi) is 6.31. The second-order valence-corrected chi connectivity index (χ2v) is 3.89. The monoisotopic (exact) mass is 293 g/mol. The van der Waals surface area contributed by atoms with E-state index in [0.29, 0.717) is 24.8 Å². The fourth-order valence-electron chi connectivity index (χ4n) is 1.06. The van der Waals surface area contributed by atoms with Crippen molar-refractivity contribution in [3.8, 4) is 0 Å². The van der Waals surface area contributed by atoms with Crippen LogP contribution in [-0.2, 0) is 0 Å². The number of rotatable bonds is 5. The Morgan fingerprint density at radius 3 is 2.56 bits per heavy atom. The average Bonchev–Trinajstić information content (AvgIpc) is 2.82. The number of anilines is 1. The van der Waals surface area contributed by atoms with Crippen molar-refractivity contribution in [3.63, 3.8) is 0 Å². The molecule has 0 aromatic carbocycles. The van der Waals surface area contributed by atoms with Crippen molar-refractivity contribution in [3.05, 3.63) is 12.3 Å². The summed E-state index contributed by atoms with van der Waals surface area (Å²) in [6.45, 7) is 0.698. The summed E-state index contributed by atoms with van der Waals surface area (Å²) in [5.41, 5.74) is 0. The van der Waals surface area contributed by atoms with E-state index in [4.69, 9.17) is 23.2 Å². The highest BCUT2D eigenvalue weighted by Gasteiger charge is 2.08. The Hall–Kier alpha value is -1.47.